The van der Waals surface area contributed by atoms with Crippen LogP contribution in [0.15, 0.2) is 41.0 Å². The van der Waals surface area contributed by atoms with E-state index in [0.29, 0.717) is 6.04 Å². The number of hydrogen-bond donors (Lipinski definition) is 1. The molecular weight excluding hydrogens is 224 g/mol. The minimum Gasteiger partial charge on any atom is -0.447 e. The molecule has 1 fully saturated rings. The summed E-state index contributed by atoms with van der Waals surface area (Å²) in [5, 5.41) is 3.46. The molecule has 1 saturated heterocycles. The maximum Gasteiger partial charge on any atom is 0.211 e. The molecule has 2 aromatic rings. The van der Waals surface area contributed by atoms with Gasteiger partial charge in [-0.3, -0.25) is 0 Å². The van der Waals surface area contributed by atoms with Crippen LogP contribution in [0.4, 0.5) is 0 Å². The van der Waals surface area contributed by atoms with Gasteiger partial charge in [0.1, 0.15) is 6.26 Å². The lowest BCUT2D eigenvalue weighted by molar-refractivity contribution is 0.338. The van der Waals surface area contributed by atoms with Crippen molar-refractivity contribution in [3.05, 3.63) is 53.7 Å². The van der Waals surface area contributed by atoms with Crippen molar-refractivity contribution in [2.45, 2.75) is 31.7 Å². The highest BCUT2D eigenvalue weighted by Crippen LogP contribution is 2.22. The number of rotatable bonds is 3. The van der Waals surface area contributed by atoms with Gasteiger partial charge in [-0.05, 0) is 24.9 Å². The molecule has 0 bridgehead atoms. The standard InChI is InChI=1S/C15H18N2O/c1-2-6-12(7-3-1)10-13-11-18-15(17-13)14-8-4-5-9-16-14/h1-3,6-7,11,14,16H,4-5,8-10H2. The molecule has 3 heteroatoms. The Balaban J connectivity index is 1.69. The zero-order valence-corrected chi connectivity index (χ0v) is 10.4. The maximum atomic E-state index is 5.60. The number of benzene rings is 1. The molecule has 0 aliphatic carbocycles. The van der Waals surface area contributed by atoms with Crippen LogP contribution in [0, 0.1) is 0 Å². The first-order valence-electron chi connectivity index (χ1n) is 6.63. The monoisotopic (exact) mass is 242 g/mol. The summed E-state index contributed by atoms with van der Waals surface area (Å²) in [4.78, 5) is 4.60. The normalized spacial score (nSPS) is 19.9. The van der Waals surface area contributed by atoms with Crippen molar-refractivity contribution in [1.29, 1.82) is 0 Å². The van der Waals surface area contributed by atoms with Crippen LogP contribution in [-0.4, -0.2) is 11.5 Å². The Kier molecular flexibility index (Phi) is 3.42. The second-order valence-electron chi connectivity index (χ2n) is 4.84. The van der Waals surface area contributed by atoms with E-state index in [1.54, 1.807) is 6.26 Å². The molecule has 1 N–H and O–H groups in total. The van der Waals surface area contributed by atoms with E-state index in [1.807, 2.05) is 6.07 Å². The third-order valence-electron chi connectivity index (χ3n) is 3.41. The molecule has 0 radical (unpaired) electrons. The third-order valence-corrected chi connectivity index (χ3v) is 3.41. The van der Waals surface area contributed by atoms with Gasteiger partial charge >= 0.3 is 0 Å². The van der Waals surface area contributed by atoms with Gasteiger partial charge in [0.05, 0.1) is 11.7 Å². The van der Waals surface area contributed by atoms with Crippen LogP contribution >= 0.6 is 0 Å². The summed E-state index contributed by atoms with van der Waals surface area (Å²) in [7, 11) is 0. The van der Waals surface area contributed by atoms with Crippen molar-refractivity contribution in [3.8, 4) is 0 Å². The first kappa shape index (κ1) is 11.5. The molecule has 18 heavy (non-hydrogen) atoms. The SMILES string of the molecule is c1ccc(Cc2coc(C3CCCCN3)n2)cc1. The quantitative estimate of drug-likeness (QED) is 0.898. The van der Waals surface area contributed by atoms with Gasteiger partial charge in [0.2, 0.25) is 5.89 Å². The summed E-state index contributed by atoms with van der Waals surface area (Å²) in [6.07, 6.45) is 6.28. The van der Waals surface area contributed by atoms with Crippen molar-refractivity contribution in [2.24, 2.45) is 0 Å². The molecule has 0 spiro atoms. The number of piperidine rings is 1. The molecule has 3 rings (SSSR count). The van der Waals surface area contributed by atoms with E-state index in [4.69, 9.17) is 4.42 Å². The first-order chi connectivity index (χ1) is 8.92. The molecule has 1 unspecified atom stereocenters. The van der Waals surface area contributed by atoms with Gasteiger partial charge in [0.15, 0.2) is 0 Å². The molecule has 1 aliphatic rings. The van der Waals surface area contributed by atoms with Crippen molar-refractivity contribution < 1.29 is 4.42 Å². The summed E-state index contributed by atoms with van der Waals surface area (Å²) < 4.78 is 5.60. The fourth-order valence-electron chi connectivity index (χ4n) is 2.43. The predicted octanol–water partition coefficient (Wildman–Crippen LogP) is 3.08. The molecule has 1 aromatic carbocycles. The van der Waals surface area contributed by atoms with Crippen molar-refractivity contribution in [2.75, 3.05) is 6.54 Å². The Morgan fingerprint density at radius 2 is 2.11 bits per heavy atom. The van der Waals surface area contributed by atoms with Crippen LogP contribution in [0.1, 0.15) is 42.5 Å². The minimum atomic E-state index is 0.309. The zero-order chi connectivity index (χ0) is 12.2. The molecular formula is C15H18N2O. The highest BCUT2D eigenvalue weighted by atomic mass is 16.3. The summed E-state index contributed by atoms with van der Waals surface area (Å²) in [6.45, 7) is 1.07. The number of hydrogen-bond acceptors (Lipinski definition) is 3. The molecule has 1 aromatic heterocycles. The Hall–Kier alpha value is -1.61. The Morgan fingerprint density at radius 3 is 2.89 bits per heavy atom. The van der Waals surface area contributed by atoms with Crippen LogP contribution < -0.4 is 5.32 Å². The average molecular weight is 242 g/mol. The number of nitrogens with zero attached hydrogens (tertiary/aromatic N) is 1. The molecule has 3 nitrogen and oxygen atoms in total. The summed E-state index contributed by atoms with van der Waals surface area (Å²) in [5.41, 5.74) is 2.29. The third kappa shape index (κ3) is 2.62. The topological polar surface area (TPSA) is 38.1 Å². The van der Waals surface area contributed by atoms with Gasteiger partial charge in [-0.15, -0.1) is 0 Å². The van der Waals surface area contributed by atoms with Gasteiger partial charge < -0.3 is 9.73 Å². The second-order valence-corrected chi connectivity index (χ2v) is 4.84. The largest absolute Gasteiger partial charge is 0.447 e. The lowest BCUT2D eigenvalue weighted by Crippen LogP contribution is -2.26. The Labute approximate surface area is 107 Å². The summed E-state index contributed by atoms with van der Waals surface area (Å²) >= 11 is 0. The van der Waals surface area contributed by atoms with Gasteiger partial charge in [-0.2, -0.15) is 0 Å². The molecule has 0 saturated carbocycles. The lowest BCUT2D eigenvalue weighted by Gasteiger charge is -2.20. The van der Waals surface area contributed by atoms with E-state index < -0.39 is 0 Å². The van der Waals surface area contributed by atoms with Crippen LogP contribution in [0.25, 0.3) is 0 Å². The summed E-state index contributed by atoms with van der Waals surface area (Å²) in [5.74, 6) is 0.848. The van der Waals surface area contributed by atoms with Crippen LogP contribution in [0.5, 0.6) is 0 Å². The summed E-state index contributed by atoms with van der Waals surface area (Å²) in [6, 6.07) is 10.7. The maximum absolute atomic E-state index is 5.60. The van der Waals surface area contributed by atoms with Crippen LogP contribution in [0.3, 0.4) is 0 Å². The van der Waals surface area contributed by atoms with E-state index in [-0.39, 0.29) is 0 Å². The zero-order valence-electron chi connectivity index (χ0n) is 10.4. The van der Waals surface area contributed by atoms with Crippen molar-refractivity contribution >= 4 is 0 Å². The van der Waals surface area contributed by atoms with E-state index in [1.165, 1.54) is 18.4 Å². The predicted molar refractivity (Wildman–Crippen MR) is 70.3 cm³/mol. The van der Waals surface area contributed by atoms with E-state index in [0.717, 1.165) is 31.0 Å². The fourth-order valence-corrected chi connectivity index (χ4v) is 2.43. The smallest absolute Gasteiger partial charge is 0.211 e. The van der Waals surface area contributed by atoms with E-state index in [2.05, 4.69) is 34.6 Å². The lowest BCUT2D eigenvalue weighted by atomic mass is 10.1. The van der Waals surface area contributed by atoms with Gasteiger partial charge in [0.25, 0.3) is 0 Å². The van der Waals surface area contributed by atoms with Gasteiger partial charge in [-0.1, -0.05) is 36.8 Å². The molecule has 1 aliphatic heterocycles. The average Bonchev–Trinajstić information content (AvgIpc) is 2.89. The number of aromatic nitrogens is 1. The minimum absolute atomic E-state index is 0.309. The first-order valence-corrected chi connectivity index (χ1v) is 6.63. The number of nitrogens with one attached hydrogen (secondary N) is 1. The van der Waals surface area contributed by atoms with Crippen LogP contribution in [-0.2, 0) is 6.42 Å². The second kappa shape index (κ2) is 5.36. The highest BCUT2D eigenvalue weighted by Gasteiger charge is 2.19. The fraction of sp³-hybridized carbons (Fsp3) is 0.400. The van der Waals surface area contributed by atoms with Crippen LogP contribution in [0.2, 0.25) is 0 Å². The molecule has 1 atom stereocenters. The Morgan fingerprint density at radius 1 is 1.22 bits per heavy atom. The number of oxazole rings is 1. The van der Waals surface area contributed by atoms with E-state index in [9.17, 15) is 0 Å². The Bertz CT molecular complexity index is 486. The van der Waals surface area contributed by atoms with Gasteiger partial charge in [0, 0.05) is 6.42 Å². The van der Waals surface area contributed by atoms with E-state index >= 15 is 0 Å². The molecule has 2 heterocycles. The highest BCUT2D eigenvalue weighted by molar-refractivity contribution is 5.20. The van der Waals surface area contributed by atoms with Gasteiger partial charge in [-0.25, -0.2) is 4.98 Å². The molecule has 94 valence electrons. The van der Waals surface area contributed by atoms with Crippen molar-refractivity contribution in [1.82, 2.24) is 10.3 Å². The van der Waals surface area contributed by atoms with Crippen molar-refractivity contribution in [3.63, 3.8) is 0 Å². The molecule has 0 amide bonds.